The van der Waals surface area contributed by atoms with E-state index in [2.05, 4.69) is 50.5 Å². The van der Waals surface area contributed by atoms with Crippen molar-refractivity contribution in [3.8, 4) is 0 Å². The topological polar surface area (TPSA) is 58.2 Å². The molecule has 0 atom stereocenters. The minimum Gasteiger partial charge on any atom is -0.351 e. The first-order valence-corrected chi connectivity index (χ1v) is 10.1. The lowest BCUT2D eigenvalue weighted by atomic mass is 9.92. The molecule has 2 N–H and O–H groups in total. The molecule has 0 aromatic heterocycles. The molecule has 0 saturated heterocycles. The minimum atomic E-state index is -0.937. The number of benzene rings is 2. The number of para-hydroxylation sites is 1. The first-order valence-electron chi connectivity index (χ1n) is 10.1. The van der Waals surface area contributed by atoms with Gasteiger partial charge in [0.2, 0.25) is 11.8 Å². The lowest BCUT2D eigenvalue weighted by molar-refractivity contribution is -0.134. The molecule has 0 spiro atoms. The van der Waals surface area contributed by atoms with Crippen LogP contribution >= 0.6 is 0 Å². The molecule has 0 radical (unpaired) electrons. The smallest absolute Gasteiger partial charge is 0.240 e. The molecule has 0 heterocycles. The molecule has 1 saturated carbocycles. The molecule has 148 valence electrons. The van der Waals surface area contributed by atoms with Crippen molar-refractivity contribution in [2.45, 2.75) is 58.9 Å². The summed E-state index contributed by atoms with van der Waals surface area (Å²) in [6.45, 7) is 8.92. The van der Waals surface area contributed by atoms with Gasteiger partial charge in [-0.25, -0.2) is 0 Å². The average molecular weight is 379 g/mol. The monoisotopic (exact) mass is 378 g/mol. The highest BCUT2D eigenvalue weighted by Gasteiger charge is 2.56. The first kappa shape index (κ1) is 20.1. The van der Waals surface area contributed by atoms with Crippen LogP contribution < -0.4 is 10.6 Å². The Hall–Kier alpha value is -2.62. The zero-order valence-corrected chi connectivity index (χ0v) is 17.2. The maximum Gasteiger partial charge on any atom is 0.240 e. The fourth-order valence-electron chi connectivity index (χ4n) is 3.56. The predicted molar refractivity (Wildman–Crippen MR) is 113 cm³/mol. The van der Waals surface area contributed by atoms with E-state index in [1.54, 1.807) is 0 Å². The van der Waals surface area contributed by atoms with Gasteiger partial charge < -0.3 is 10.6 Å². The Kier molecular flexibility index (Phi) is 5.87. The van der Waals surface area contributed by atoms with Crippen molar-refractivity contribution < 1.29 is 9.59 Å². The van der Waals surface area contributed by atoms with Crippen molar-refractivity contribution >= 4 is 17.5 Å². The zero-order valence-electron chi connectivity index (χ0n) is 17.2. The Balaban J connectivity index is 1.76. The summed E-state index contributed by atoms with van der Waals surface area (Å²) in [5.41, 5.74) is 3.19. The maximum absolute atomic E-state index is 13.1. The minimum absolute atomic E-state index is 0.179. The third-order valence-corrected chi connectivity index (χ3v) is 5.53. The lowest BCUT2D eigenvalue weighted by Gasteiger charge is -2.22. The zero-order chi connectivity index (χ0) is 20.3. The van der Waals surface area contributed by atoms with Gasteiger partial charge in [-0.15, -0.1) is 0 Å². The van der Waals surface area contributed by atoms with Gasteiger partial charge in [0.1, 0.15) is 5.41 Å². The quantitative estimate of drug-likeness (QED) is 0.669. The Labute approximate surface area is 167 Å². The van der Waals surface area contributed by atoms with Gasteiger partial charge in [0.05, 0.1) is 0 Å². The van der Waals surface area contributed by atoms with Crippen molar-refractivity contribution in [3.05, 3.63) is 65.2 Å². The van der Waals surface area contributed by atoms with Gasteiger partial charge in [0.15, 0.2) is 0 Å². The third kappa shape index (κ3) is 4.11. The molecule has 3 rings (SSSR count). The molecule has 0 unspecified atom stereocenters. The van der Waals surface area contributed by atoms with Gasteiger partial charge in [-0.05, 0) is 41.4 Å². The van der Waals surface area contributed by atoms with E-state index < -0.39 is 5.41 Å². The maximum atomic E-state index is 13.1. The molecular weight excluding hydrogens is 348 g/mol. The summed E-state index contributed by atoms with van der Waals surface area (Å²) in [6, 6.07) is 15.9. The summed E-state index contributed by atoms with van der Waals surface area (Å²) < 4.78 is 0. The van der Waals surface area contributed by atoms with Crippen LogP contribution in [0.1, 0.15) is 69.1 Å². The normalized spacial score (nSPS) is 14.8. The molecule has 2 aromatic rings. The molecule has 1 aliphatic carbocycles. The number of hydrogen-bond donors (Lipinski definition) is 2. The molecule has 0 bridgehead atoms. The second-order valence-corrected chi connectivity index (χ2v) is 8.33. The Morgan fingerprint density at radius 2 is 1.43 bits per heavy atom. The molecule has 2 aromatic carbocycles. The van der Waals surface area contributed by atoms with Crippen LogP contribution in [0.4, 0.5) is 5.69 Å². The van der Waals surface area contributed by atoms with E-state index in [1.807, 2.05) is 36.4 Å². The van der Waals surface area contributed by atoms with E-state index in [9.17, 15) is 9.59 Å². The fourth-order valence-corrected chi connectivity index (χ4v) is 3.56. The Bertz CT molecular complexity index is 826. The van der Waals surface area contributed by atoms with Crippen LogP contribution in [-0.4, -0.2) is 11.8 Å². The van der Waals surface area contributed by atoms with Gasteiger partial charge in [-0.3, -0.25) is 9.59 Å². The molecule has 28 heavy (non-hydrogen) atoms. The first-order chi connectivity index (χ1) is 13.3. The van der Waals surface area contributed by atoms with Crippen LogP contribution in [0.2, 0.25) is 0 Å². The molecule has 2 amide bonds. The van der Waals surface area contributed by atoms with Crippen molar-refractivity contribution in [1.29, 1.82) is 0 Å². The average Bonchev–Trinajstić information content (AvgIpc) is 3.49. The number of carbonyl (C=O) groups is 2. The van der Waals surface area contributed by atoms with Gasteiger partial charge in [-0.1, -0.05) is 76.2 Å². The van der Waals surface area contributed by atoms with Gasteiger partial charge in [-0.2, -0.15) is 0 Å². The summed E-state index contributed by atoms with van der Waals surface area (Å²) in [7, 11) is 0. The summed E-state index contributed by atoms with van der Waals surface area (Å²) in [4.78, 5) is 25.9. The van der Waals surface area contributed by atoms with Crippen LogP contribution in [0.5, 0.6) is 0 Å². The van der Waals surface area contributed by atoms with E-state index >= 15 is 0 Å². The number of rotatable bonds is 7. The summed E-state index contributed by atoms with van der Waals surface area (Å²) in [5, 5.41) is 6.07. The van der Waals surface area contributed by atoms with Gasteiger partial charge in [0, 0.05) is 12.2 Å². The molecule has 1 aliphatic rings. The van der Waals surface area contributed by atoms with E-state index in [0.717, 1.165) is 22.4 Å². The van der Waals surface area contributed by atoms with Crippen LogP contribution in [0.15, 0.2) is 48.5 Å². The van der Waals surface area contributed by atoms with Gasteiger partial charge in [0.25, 0.3) is 0 Å². The summed E-state index contributed by atoms with van der Waals surface area (Å²) >= 11 is 0. The highest BCUT2D eigenvalue weighted by molar-refractivity contribution is 6.13. The van der Waals surface area contributed by atoms with Crippen molar-refractivity contribution in [3.63, 3.8) is 0 Å². The number of carbonyl (C=O) groups excluding carboxylic acids is 2. The molecule has 1 fully saturated rings. The fraction of sp³-hybridized carbons (Fsp3) is 0.417. The van der Waals surface area contributed by atoms with Crippen LogP contribution in [0.3, 0.4) is 0 Å². The summed E-state index contributed by atoms with van der Waals surface area (Å²) in [6.07, 6.45) is 1.20. The van der Waals surface area contributed by atoms with E-state index in [0.29, 0.717) is 19.4 Å². The largest absolute Gasteiger partial charge is 0.351 e. The second-order valence-electron chi connectivity index (χ2n) is 8.33. The number of anilines is 1. The summed E-state index contributed by atoms with van der Waals surface area (Å²) in [5.74, 6) is 0.210. The highest BCUT2D eigenvalue weighted by Crippen LogP contribution is 2.47. The van der Waals surface area contributed by atoms with E-state index in [-0.39, 0.29) is 23.7 Å². The number of amides is 2. The Morgan fingerprint density at radius 3 is 1.93 bits per heavy atom. The molecular formula is C24H30N2O2. The molecule has 4 heteroatoms. The van der Waals surface area contributed by atoms with Crippen molar-refractivity contribution in [1.82, 2.24) is 5.32 Å². The van der Waals surface area contributed by atoms with E-state index in [1.165, 1.54) is 0 Å². The second kappa shape index (κ2) is 8.17. The predicted octanol–water partition coefficient (Wildman–Crippen LogP) is 4.97. The van der Waals surface area contributed by atoms with Crippen LogP contribution in [0.25, 0.3) is 0 Å². The lowest BCUT2D eigenvalue weighted by Crippen LogP contribution is -2.40. The molecule has 0 aliphatic heterocycles. The Morgan fingerprint density at radius 1 is 0.857 bits per heavy atom. The van der Waals surface area contributed by atoms with E-state index in [4.69, 9.17) is 0 Å². The van der Waals surface area contributed by atoms with Gasteiger partial charge >= 0.3 is 0 Å². The van der Waals surface area contributed by atoms with Crippen molar-refractivity contribution in [2.75, 3.05) is 5.32 Å². The standard InChI is InChI=1S/C24H30N2O2/c1-16(2)19-11-8-12-20(17(3)4)21(19)26-23(28)24(13-14-24)22(27)25-15-18-9-6-5-7-10-18/h5-12,16-17H,13-15H2,1-4H3,(H,25,27)(H,26,28). The van der Waals surface area contributed by atoms with Crippen LogP contribution in [0, 0.1) is 5.41 Å². The molecule has 4 nitrogen and oxygen atoms in total. The third-order valence-electron chi connectivity index (χ3n) is 5.53. The van der Waals surface area contributed by atoms with Crippen molar-refractivity contribution in [2.24, 2.45) is 5.41 Å². The number of nitrogens with one attached hydrogen (secondary N) is 2. The number of hydrogen-bond acceptors (Lipinski definition) is 2. The SMILES string of the molecule is CC(C)c1cccc(C(C)C)c1NC(=O)C1(C(=O)NCc2ccccc2)CC1. The van der Waals surface area contributed by atoms with Crippen LogP contribution in [-0.2, 0) is 16.1 Å². The highest BCUT2D eigenvalue weighted by atomic mass is 16.2.